The van der Waals surface area contributed by atoms with E-state index in [1.54, 1.807) is 24.5 Å². The molecule has 1 aromatic carbocycles. The third-order valence-corrected chi connectivity index (χ3v) is 5.64. The lowest BCUT2D eigenvalue weighted by Gasteiger charge is -2.05. The Morgan fingerprint density at radius 2 is 1.96 bits per heavy atom. The predicted octanol–water partition coefficient (Wildman–Crippen LogP) is 3.34. The second-order valence-electron chi connectivity index (χ2n) is 4.66. The van der Waals surface area contributed by atoms with E-state index in [9.17, 15) is 8.42 Å². The minimum Gasteiger partial charge on any atom is -0.264 e. The zero-order chi connectivity index (χ0) is 16.3. The van der Waals surface area contributed by atoms with Crippen LogP contribution in [0.5, 0.6) is 0 Å². The van der Waals surface area contributed by atoms with E-state index in [-0.39, 0.29) is 11.4 Å². The maximum absolute atomic E-state index is 12.2. The van der Waals surface area contributed by atoms with E-state index < -0.39 is 10.0 Å². The Hall–Kier alpha value is -1.80. The Balaban J connectivity index is 1.71. The van der Waals surface area contributed by atoms with Crippen LogP contribution in [-0.4, -0.2) is 18.4 Å². The molecule has 0 aliphatic carbocycles. The summed E-state index contributed by atoms with van der Waals surface area (Å²) in [6.45, 7) is 0.127. The summed E-state index contributed by atoms with van der Waals surface area (Å²) >= 11 is 7.21. The molecule has 0 atom stereocenters. The van der Waals surface area contributed by atoms with E-state index in [2.05, 4.69) is 14.7 Å². The molecule has 0 aliphatic rings. The molecule has 3 rings (SSSR count). The van der Waals surface area contributed by atoms with Crippen molar-refractivity contribution < 1.29 is 8.42 Å². The number of nitrogens with one attached hydrogen (secondary N) is 1. The Morgan fingerprint density at radius 3 is 2.65 bits per heavy atom. The van der Waals surface area contributed by atoms with Crippen LogP contribution in [0, 0.1) is 0 Å². The third kappa shape index (κ3) is 3.94. The highest BCUT2D eigenvalue weighted by Gasteiger charge is 2.14. The molecule has 0 saturated heterocycles. The lowest BCUT2D eigenvalue weighted by molar-refractivity contribution is 0.580. The average molecular weight is 366 g/mol. The molecule has 118 valence electrons. The summed E-state index contributed by atoms with van der Waals surface area (Å²) in [6.07, 6.45) is 3.42. The highest BCUT2D eigenvalue weighted by Crippen LogP contribution is 2.22. The van der Waals surface area contributed by atoms with Crippen molar-refractivity contribution in [2.24, 2.45) is 0 Å². The Kier molecular flexibility index (Phi) is 4.72. The normalized spacial score (nSPS) is 11.5. The summed E-state index contributed by atoms with van der Waals surface area (Å²) in [7, 11) is -3.59. The monoisotopic (exact) mass is 365 g/mol. The number of halogens is 1. The van der Waals surface area contributed by atoms with Crippen LogP contribution in [-0.2, 0) is 16.6 Å². The molecule has 0 unspecified atom stereocenters. The molecule has 8 heteroatoms. The summed E-state index contributed by atoms with van der Waals surface area (Å²) in [6, 6.07) is 9.76. The van der Waals surface area contributed by atoms with Crippen molar-refractivity contribution in [3.05, 3.63) is 64.9 Å². The average Bonchev–Trinajstić information content (AvgIpc) is 3.03. The first-order valence-corrected chi connectivity index (χ1v) is 9.39. The van der Waals surface area contributed by atoms with Gasteiger partial charge in [0.15, 0.2) is 0 Å². The van der Waals surface area contributed by atoms with Crippen molar-refractivity contribution in [3.63, 3.8) is 0 Å². The number of hydrogen-bond acceptors (Lipinski definition) is 5. The van der Waals surface area contributed by atoms with Gasteiger partial charge in [-0.1, -0.05) is 11.6 Å². The molecule has 0 radical (unpaired) electrons. The Bertz CT molecular complexity index is 894. The van der Waals surface area contributed by atoms with Crippen molar-refractivity contribution in [2.75, 3.05) is 0 Å². The summed E-state index contributed by atoms with van der Waals surface area (Å²) < 4.78 is 26.9. The molecule has 3 aromatic rings. The van der Waals surface area contributed by atoms with Crippen molar-refractivity contribution in [1.82, 2.24) is 14.7 Å². The molecule has 0 spiro atoms. The van der Waals surface area contributed by atoms with Crippen LogP contribution in [0.3, 0.4) is 0 Å². The smallest absolute Gasteiger partial charge is 0.240 e. The lowest BCUT2D eigenvalue weighted by Crippen LogP contribution is -2.23. The maximum atomic E-state index is 12.2. The molecule has 5 nitrogen and oxygen atoms in total. The molecule has 0 amide bonds. The first kappa shape index (κ1) is 16.1. The van der Waals surface area contributed by atoms with Gasteiger partial charge < -0.3 is 0 Å². The van der Waals surface area contributed by atoms with Gasteiger partial charge >= 0.3 is 0 Å². The van der Waals surface area contributed by atoms with Gasteiger partial charge in [-0.2, -0.15) is 0 Å². The van der Waals surface area contributed by atoms with Crippen LogP contribution in [0.1, 0.15) is 5.69 Å². The number of rotatable bonds is 5. The first-order chi connectivity index (χ1) is 11.0. The highest BCUT2D eigenvalue weighted by atomic mass is 35.5. The molecule has 2 aromatic heterocycles. The van der Waals surface area contributed by atoms with Gasteiger partial charge in [0.25, 0.3) is 0 Å². The zero-order valence-corrected chi connectivity index (χ0v) is 14.2. The van der Waals surface area contributed by atoms with E-state index in [1.807, 2.05) is 17.5 Å². The SMILES string of the molecule is O=S(=O)(NCc1csc(-c2cccnc2)n1)c1ccc(Cl)cc1. The topological polar surface area (TPSA) is 72.0 Å². The van der Waals surface area contributed by atoms with Gasteiger partial charge in [-0.05, 0) is 36.4 Å². The summed E-state index contributed by atoms with van der Waals surface area (Å²) in [5.41, 5.74) is 1.57. The number of pyridine rings is 1. The van der Waals surface area contributed by atoms with Crippen molar-refractivity contribution in [1.29, 1.82) is 0 Å². The Labute approximate surface area is 143 Å². The molecule has 0 bridgehead atoms. The zero-order valence-electron chi connectivity index (χ0n) is 11.8. The second-order valence-corrected chi connectivity index (χ2v) is 7.73. The second kappa shape index (κ2) is 6.76. The van der Waals surface area contributed by atoms with Gasteiger partial charge in [0.05, 0.1) is 17.1 Å². The number of sulfonamides is 1. The quantitative estimate of drug-likeness (QED) is 0.752. The number of thiazole rings is 1. The summed E-state index contributed by atoms with van der Waals surface area (Å²) in [5, 5.41) is 3.12. The van der Waals surface area contributed by atoms with Crippen LogP contribution in [0.25, 0.3) is 10.6 Å². The molecular weight excluding hydrogens is 354 g/mol. The fraction of sp³-hybridized carbons (Fsp3) is 0.0667. The minimum atomic E-state index is -3.59. The van der Waals surface area contributed by atoms with Gasteiger partial charge in [0, 0.05) is 28.4 Å². The van der Waals surface area contributed by atoms with Crippen LogP contribution in [0.4, 0.5) is 0 Å². The molecule has 1 N–H and O–H groups in total. The lowest BCUT2D eigenvalue weighted by atomic mass is 10.3. The fourth-order valence-electron chi connectivity index (χ4n) is 1.88. The molecule has 0 saturated carbocycles. The van der Waals surface area contributed by atoms with Crippen LogP contribution < -0.4 is 4.72 Å². The minimum absolute atomic E-state index is 0.127. The number of aromatic nitrogens is 2. The van der Waals surface area contributed by atoms with E-state index in [0.29, 0.717) is 10.7 Å². The number of nitrogens with zero attached hydrogens (tertiary/aromatic N) is 2. The van der Waals surface area contributed by atoms with Crippen molar-refractivity contribution >= 4 is 33.0 Å². The predicted molar refractivity (Wildman–Crippen MR) is 90.8 cm³/mol. The standard InChI is InChI=1S/C15H12ClN3O2S2/c16-12-3-5-14(6-4-12)23(20,21)18-9-13-10-22-15(19-13)11-2-1-7-17-8-11/h1-8,10,18H,9H2. The van der Waals surface area contributed by atoms with Gasteiger partial charge in [0.2, 0.25) is 10.0 Å². The van der Waals surface area contributed by atoms with Crippen LogP contribution >= 0.6 is 22.9 Å². The van der Waals surface area contributed by atoms with Crippen LogP contribution in [0.2, 0.25) is 5.02 Å². The molecule has 2 heterocycles. The highest BCUT2D eigenvalue weighted by molar-refractivity contribution is 7.89. The fourth-order valence-corrected chi connectivity index (χ4v) is 3.81. The Morgan fingerprint density at radius 1 is 1.17 bits per heavy atom. The number of benzene rings is 1. The van der Waals surface area contributed by atoms with E-state index in [0.717, 1.165) is 10.6 Å². The van der Waals surface area contributed by atoms with Crippen molar-refractivity contribution in [2.45, 2.75) is 11.4 Å². The van der Waals surface area contributed by atoms with E-state index in [1.165, 1.54) is 23.5 Å². The van der Waals surface area contributed by atoms with E-state index in [4.69, 9.17) is 11.6 Å². The van der Waals surface area contributed by atoms with Gasteiger partial charge in [-0.3, -0.25) is 4.98 Å². The largest absolute Gasteiger partial charge is 0.264 e. The third-order valence-electron chi connectivity index (χ3n) is 3.03. The van der Waals surface area contributed by atoms with Gasteiger partial charge in [-0.15, -0.1) is 11.3 Å². The van der Waals surface area contributed by atoms with Gasteiger partial charge in [0.1, 0.15) is 5.01 Å². The first-order valence-electron chi connectivity index (χ1n) is 6.65. The van der Waals surface area contributed by atoms with E-state index >= 15 is 0 Å². The van der Waals surface area contributed by atoms with Crippen LogP contribution in [0.15, 0.2) is 59.1 Å². The molecule has 0 fully saturated rings. The maximum Gasteiger partial charge on any atom is 0.240 e. The molecule has 23 heavy (non-hydrogen) atoms. The summed E-state index contributed by atoms with van der Waals surface area (Å²) in [5.74, 6) is 0. The molecular formula is C15H12ClN3O2S2. The molecule has 0 aliphatic heterocycles. The van der Waals surface area contributed by atoms with Crippen molar-refractivity contribution in [3.8, 4) is 10.6 Å². The number of hydrogen-bond donors (Lipinski definition) is 1. The van der Waals surface area contributed by atoms with Gasteiger partial charge in [-0.25, -0.2) is 18.1 Å². The summed E-state index contributed by atoms with van der Waals surface area (Å²) in [4.78, 5) is 8.64.